The molecule has 2 rings (SSSR count). The molecule has 2 atom stereocenters. The maximum atomic E-state index is 12.4. The maximum absolute atomic E-state index is 12.4. The number of hydrogen-bond acceptors (Lipinski definition) is 4. The third kappa shape index (κ3) is 5.48. The molecule has 1 saturated heterocycles. The minimum Gasteiger partial charge on any atom is -0.396 e. The molecule has 0 aliphatic carbocycles. The highest BCUT2D eigenvalue weighted by Crippen LogP contribution is 2.26. The number of nitrogens with one attached hydrogen (secondary N) is 1. The van der Waals surface area contributed by atoms with E-state index in [4.69, 9.17) is 4.74 Å². The zero-order valence-corrected chi connectivity index (χ0v) is 15.1. The van der Waals surface area contributed by atoms with Crippen molar-refractivity contribution in [1.29, 1.82) is 0 Å². The van der Waals surface area contributed by atoms with Gasteiger partial charge >= 0.3 is 6.03 Å². The Balaban J connectivity index is 1.79. The second-order valence-electron chi connectivity index (χ2n) is 7.05. The molecule has 1 fully saturated rings. The number of thiophene rings is 1. The Morgan fingerprint density at radius 3 is 2.96 bits per heavy atom. The van der Waals surface area contributed by atoms with Gasteiger partial charge in [0, 0.05) is 19.7 Å². The molecule has 1 aromatic rings. The predicted octanol–water partition coefficient (Wildman–Crippen LogP) is 3.02. The summed E-state index contributed by atoms with van der Waals surface area (Å²) in [5.41, 5.74) is 1.06. The van der Waals surface area contributed by atoms with Gasteiger partial charge in [-0.3, -0.25) is 0 Å². The maximum Gasteiger partial charge on any atom is 0.317 e. The van der Waals surface area contributed by atoms with E-state index in [1.165, 1.54) is 0 Å². The van der Waals surface area contributed by atoms with Crippen LogP contribution >= 0.6 is 11.3 Å². The van der Waals surface area contributed by atoms with Crippen LogP contribution in [0, 0.1) is 5.41 Å². The summed E-state index contributed by atoms with van der Waals surface area (Å²) < 4.78 is 5.95. The minimum atomic E-state index is -0.0811. The first kappa shape index (κ1) is 18.2. The molecule has 2 heterocycles. The number of aliphatic hydroxyl groups excluding tert-OH is 1. The number of hydrogen-bond donors (Lipinski definition) is 2. The second kappa shape index (κ2) is 8.13. The number of nitrogens with zero attached hydrogens (tertiary/aromatic N) is 1. The number of rotatable bonds is 6. The van der Waals surface area contributed by atoms with E-state index in [9.17, 15) is 9.90 Å². The molecule has 0 saturated carbocycles. The van der Waals surface area contributed by atoms with Crippen LogP contribution in [-0.2, 0) is 4.74 Å². The lowest BCUT2D eigenvalue weighted by Gasteiger charge is -2.36. The SMILES string of the molecule is CC1CN(C(=O)NCCCC(C)(C)CO)CC(c2ccsc2)O1. The molecule has 0 bridgehead atoms. The van der Waals surface area contributed by atoms with Crippen LogP contribution in [0.5, 0.6) is 0 Å². The molecule has 2 amide bonds. The molecule has 2 N–H and O–H groups in total. The Morgan fingerprint density at radius 1 is 1.52 bits per heavy atom. The van der Waals surface area contributed by atoms with Gasteiger partial charge in [-0.05, 0) is 47.6 Å². The highest BCUT2D eigenvalue weighted by Gasteiger charge is 2.29. The fraction of sp³-hybridized carbons (Fsp3) is 0.706. The van der Waals surface area contributed by atoms with Crippen molar-refractivity contribution in [3.05, 3.63) is 22.4 Å². The highest BCUT2D eigenvalue weighted by molar-refractivity contribution is 7.07. The van der Waals surface area contributed by atoms with Gasteiger partial charge in [-0.15, -0.1) is 0 Å². The van der Waals surface area contributed by atoms with E-state index in [2.05, 4.69) is 16.8 Å². The number of ether oxygens (including phenoxy) is 1. The van der Waals surface area contributed by atoms with Crippen molar-refractivity contribution >= 4 is 17.4 Å². The fourth-order valence-corrected chi connectivity index (χ4v) is 3.41. The predicted molar refractivity (Wildman–Crippen MR) is 92.7 cm³/mol. The Morgan fingerprint density at radius 2 is 2.30 bits per heavy atom. The molecule has 6 heteroatoms. The van der Waals surface area contributed by atoms with Crippen LogP contribution < -0.4 is 5.32 Å². The van der Waals surface area contributed by atoms with Crippen molar-refractivity contribution in [2.75, 3.05) is 26.2 Å². The summed E-state index contributed by atoms with van der Waals surface area (Å²) in [4.78, 5) is 14.2. The molecule has 2 unspecified atom stereocenters. The highest BCUT2D eigenvalue weighted by atomic mass is 32.1. The lowest BCUT2D eigenvalue weighted by molar-refractivity contribution is -0.0654. The van der Waals surface area contributed by atoms with Crippen molar-refractivity contribution in [3.63, 3.8) is 0 Å². The van der Waals surface area contributed by atoms with Crippen molar-refractivity contribution in [1.82, 2.24) is 10.2 Å². The van der Waals surface area contributed by atoms with Crippen LogP contribution in [-0.4, -0.2) is 48.4 Å². The first-order valence-corrected chi connectivity index (χ1v) is 9.17. The van der Waals surface area contributed by atoms with E-state index >= 15 is 0 Å². The van der Waals surface area contributed by atoms with E-state index in [1.54, 1.807) is 11.3 Å². The van der Waals surface area contributed by atoms with Gasteiger partial charge < -0.3 is 20.1 Å². The average molecular weight is 340 g/mol. The zero-order valence-electron chi connectivity index (χ0n) is 14.2. The molecule has 5 nitrogen and oxygen atoms in total. The number of urea groups is 1. The van der Waals surface area contributed by atoms with Crippen LogP contribution in [0.25, 0.3) is 0 Å². The summed E-state index contributed by atoms with van der Waals surface area (Å²) in [5.74, 6) is 0. The first-order chi connectivity index (χ1) is 10.9. The van der Waals surface area contributed by atoms with Gasteiger partial charge in [-0.25, -0.2) is 4.79 Å². The van der Waals surface area contributed by atoms with Gasteiger partial charge in [0.15, 0.2) is 0 Å². The van der Waals surface area contributed by atoms with Crippen LogP contribution in [0.2, 0.25) is 0 Å². The average Bonchev–Trinajstić information content (AvgIpc) is 3.05. The van der Waals surface area contributed by atoms with E-state index in [1.807, 2.05) is 31.1 Å². The molecule has 1 aliphatic rings. The normalized spacial score (nSPS) is 22.2. The quantitative estimate of drug-likeness (QED) is 0.783. The monoisotopic (exact) mass is 340 g/mol. The number of morpholine rings is 1. The van der Waals surface area contributed by atoms with Crippen molar-refractivity contribution in [3.8, 4) is 0 Å². The summed E-state index contributed by atoms with van der Waals surface area (Å²) in [6, 6.07) is 2.03. The molecule has 23 heavy (non-hydrogen) atoms. The number of carbonyl (C=O) groups excluding carboxylic acids is 1. The van der Waals surface area contributed by atoms with Crippen molar-refractivity contribution in [2.45, 2.75) is 45.8 Å². The smallest absolute Gasteiger partial charge is 0.317 e. The lowest BCUT2D eigenvalue weighted by Crippen LogP contribution is -2.50. The molecule has 130 valence electrons. The Kier molecular flexibility index (Phi) is 6.44. The van der Waals surface area contributed by atoms with E-state index < -0.39 is 0 Å². The molecular formula is C17H28N2O3S. The van der Waals surface area contributed by atoms with E-state index in [0.717, 1.165) is 18.4 Å². The number of amides is 2. The number of aliphatic hydroxyl groups is 1. The van der Waals surface area contributed by atoms with E-state index in [-0.39, 0.29) is 30.3 Å². The summed E-state index contributed by atoms with van der Waals surface area (Å²) in [6.07, 6.45) is 1.75. The second-order valence-corrected chi connectivity index (χ2v) is 7.83. The summed E-state index contributed by atoms with van der Waals surface area (Å²) in [5, 5.41) is 16.3. The third-order valence-corrected chi connectivity index (χ3v) is 4.90. The molecule has 0 aromatic carbocycles. The largest absolute Gasteiger partial charge is 0.396 e. The third-order valence-electron chi connectivity index (χ3n) is 4.20. The van der Waals surface area contributed by atoms with Crippen LogP contribution in [0.4, 0.5) is 4.79 Å². The standard InChI is InChI=1S/C17H28N2O3S/c1-13-9-19(10-15(22-13)14-5-8-23-11-14)16(21)18-7-4-6-17(2,3)12-20/h5,8,11,13,15,20H,4,6-7,9-10,12H2,1-3H3,(H,18,21). The summed E-state index contributed by atoms with van der Waals surface area (Å²) >= 11 is 1.65. The first-order valence-electron chi connectivity index (χ1n) is 8.22. The van der Waals surface area contributed by atoms with Crippen molar-refractivity contribution in [2.24, 2.45) is 5.41 Å². The minimum absolute atomic E-state index is 0.0258. The van der Waals surface area contributed by atoms with Crippen LogP contribution in [0.3, 0.4) is 0 Å². The molecule has 0 radical (unpaired) electrons. The summed E-state index contributed by atoms with van der Waals surface area (Å²) in [7, 11) is 0. The zero-order chi connectivity index (χ0) is 16.9. The lowest BCUT2D eigenvalue weighted by atomic mass is 9.89. The van der Waals surface area contributed by atoms with Gasteiger partial charge in [0.05, 0.1) is 12.6 Å². The van der Waals surface area contributed by atoms with Crippen molar-refractivity contribution < 1.29 is 14.6 Å². The van der Waals surface area contributed by atoms with Gasteiger partial charge in [-0.2, -0.15) is 11.3 Å². The Bertz CT molecular complexity index is 490. The van der Waals surface area contributed by atoms with Crippen LogP contribution in [0.15, 0.2) is 16.8 Å². The van der Waals surface area contributed by atoms with Gasteiger partial charge in [-0.1, -0.05) is 13.8 Å². The molecular weight excluding hydrogens is 312 g/mol. The van der Waals surface area contributed by atoms with E-state index in [0.29, 0.717) is 19.6 Å². The molecule has 1 aliphatic heterocycles. The molecule has 0 spiro atoms. The van der Waals surface area contributed by atoms with Gasteiger partial charge in [0.1, 0.15) is 6.10 Å². The summed E-state index contributed by atoms with van der Waals surface area (Å²) in [6.45, 7) is 8.08. The number of carbonyl (C=O) groups is 1. The topological polar surface area (TPSA) is 61.8 Å². The fourth-order valence-electron chi connectivity index (χ4n) is 2.71. The van der Waals surface area contributed by atoms with Gasteiger partial charge in [0.2, 0.25) is 0 Å². The Labute approximate surface area is 142 Å². The van der Waals surface area contributed by atoms with Crippen LogP contribution in [0.1, 0.15) is 45.3 Å². The van der Waals surface area contributed by atoms with Gasteiger partial charge in [0.25, 0.3) is 0 Å². The Hall–Kier alpha value is -1.11. The molecule has 1 aromatic heterocycles.